The summed E-state index contributed by atoms with van der Waals surface area (Å²) >= 11 is 0. The quantitative estimate of drug-likeness (QED) is 0.380. The summed E-state index contributed by atoms with van der Waals surface area (Å²) in [6.45, 7) is 1.17. The lowest BCUT2D eigenvalue weighted by Crippen LogP contribution is -2.23. The molecule has 4 aromatic rings. The summed E-state index contributed by atoms with van der Waals surface area (Å²) < 4.78 is 3.33. The van der Waals surface area contributed by atoms with Gasteiger partial charge in [-0.05, 0) is 48.6 Å². The summed E-state index contributed by atoms with van der Waals surface area (Å²) in [7, 11) is 0. The Morgan fingerprint density at radius 3 is 2.39 bits per heavy atom. The molecule has 33 heavy (non-hydrogen) atoms. The smallest absolute Gasteiger partial charge is 0.349 e. The van der Waals surface area contributed by atoms with Crippen molar-refractivity contribution in [1.82, 2.24) is 24.5 Å². The van der Waals surface area contributed by atoms with E-state index in [1.165, 1.54) is 4.57 Å². The molecule has 0 amide bonds. The van der Waals surface area contributed by atoms with Gasteiger partial charge in [0.25, 0.3) is 0 Å². The molecule has 9 heteroatoms. The van der Waals surface area contributed by atoms with Crippen LogP contribution in [0.5, 0.6) is 0 Å². The third kappa shape index (κ3) is 5.70. The zero-order chi connectivity index (χ0) is 23.2. The second-order valence-corrected chi connectivity index (χ2v) is 7.79. The standard InChI is InChI=1S/C24H24N6O3/c25-22-12-14-29(24(33)26-22)15-18-6-8-19(9-7-18)21-16-30(28-27-21)13-2-1-3-17-4-10-20(11-5-17)23(31)32/h4-12,14,16H,1-3,13,15H2,(H,31,32)(H2,25,26,33). The molecule has 0 aliphatic heterocycles. The molecular formula is C24H24N6O3. The Kier molecular flexibility index (Phi) is 6.58. The molecule has 0 aliphatic rings. The molecule has 2 heterocycles. The highest BCUT2D eigenvalue weighted by Gasteiger charge is 2.06. The summed E-state index contributed by atoms with van der Waals surface area (Å²) in [4.78, 5) is 26.5. The van der Waals surface area contributed by atoms with Gasteiger partial charge in [-0.25, -0.2) is 9.59 Å². The van der Waals surface area contributed by atoms with E-state index in [-0.39, 0.29) is 11.5 Å². The molecule has 0 saturated carbocycles. The predicted molar refractivity (Wildman–Crippen MR) is 124 cm³/mol. The first-order chi connectivity index (χ1) is 16.0. The summed E-state index contributed by atoms with van der Waals surface area (Å²) in [6.07, 6.45) is 6.35. The number of nitrogens with zero attached hydrogens (tertiary/aromatic N) is 5. The Morgan fingerprint density at radius 1 is 0.970 bits per heavy atom. The van der Waals surface area contributed by atoms with Crippen LogP contribution < -0.4 is 11.4 Å². The van der Waals surface area contributed by atoms with Gasteiger partial charge in [-0.1, -0.05) is 41.6 Å². The number of carbonyl (C=O) groups is 1. The van der Waals surface area contributed by atoms with Crippen LogP contribution in [0.2, 0.25) is 0 Å². The first-order valence-corrected chi connectivity index (χ1v) is 10.6. The molecule has 2 aromatic carbocycles. The van der Waals surface area contributed by atoms with Crippen LogP contribution in [-0.4, -0.2) is 35.6 Å². The molecule has 9 nitrogen and oxygen atoms in total. The fourth-order valence-electron chi connectivity index (χ4n) is 3.50. The van der Waals surface area contributed by atoms with Gasteiger partial charge in [-0.2, -0.15) is 4.98 Å². The topological polar surface area (TPSA) is 129 Å². The fraction of sp³-hybridized carbons (Fsp3) is 0.208. The molecule has 0 aliphatic carbocycles. The number of rotatable bonds is 9. The monoisotopic (exact) mass is 444 g/mol. The van der Waals surface area contributed by atoms with E-state index >= 15 is 0 Å². The second kappa shape index (κ2) is 9.90. The summed E-state index contributed by atoms with van der Waals surface area (Å²) in [5, 5.41) is 17.4. The van der Waals surface area contributed by atoms with Crippen molar-refractivity contribution in [1.29, 1.82) is 0 Å². The van der Waals surface area contributed by atoms with Crippen molar-refractivity contribution in [3.8, 4) is 11.3 Å². The lowest BCUT2D eigenvalue weighted by molar-refractivity contribution is 0.0697. The zero-order valence-corrected chi connectivity index (χ0v) is 18.0. The molecular weight excluding hydrogens is 420 g/mol. The molecule has 3 N–H and O–H groups in total. The molecule has 0 bridgehead atoms. The Morgan fingerprint density at radius 2 is 1.70 bits per heavy atom. The highest BCUT2D eigenvalue weighted by atomic mass is 16.4. The first kappa shape index (κ1) is 21.9. The van der Waals surface area contributed by atoms with E-state index < -0.39 is 5.97 Å². The van der Waals surface area contributed by atoms with Crippen LogP contribution in [0.3, 0.4) is 0 Å². The number of aryl methyl sites for hydroxylation is 2. The van der Waals surface area contributed by atoms with Gasteiger partial charge in [0.15, 0.2) is 0 Å². The van der Waals surface area contributed by atoms with Gasteiger partial charge in [0, 0.05) is 18.3 Å². The number of nitrogen functional groups attached to an aromatic ring is 1. The van der Waals surface area contributed by atoms with Crippen molar-refractivity contribution in [3.05, 3.63) is 94.2 Å². The fourth-order valence-corrected chi connectivity index (χ4v) is 3.50. The van der Waals surface area contributed by atoms with Crippen LogP contribution in [0, 0.1) is 0 Å². The van der Waals surface area contributed by atoms with Crippen molar-refractivity contribution in [3.63, 3.8) is 0 Å². The van der Waals surface area contributed by atoms with Gasteiger partial charge >= 0.3 is 11.7 Å². The average molecular weight is 444 g/mol. The molecule has 0 fully saturated rings. The van der Waals surface area contributed by atoms with E-state index in [1.54, 1.807) is 24.4 Å². The Balaban J connectivity index is 1.28. The largest absolute Gasteiger partial charge is 0.478 e. The maximum Gasteiger partial charge on any atom is 0.349 e. The Labute approximate surface area is 190 Å². The molecule has 0 unspecified atom stereocenters. The van der Waals surface area contributed by atoms with Gasteiger partial charge in [0.1, 0.15) is 11.5 Å². The number of nitrogens with two attached hydrogens (primary N) is 1. The van der Waals surface area contributed by atoms with Crippen LogP contribution in [0.4, 0.5) is 5.82 Å². The minimum atomic E-state index is -0.909. The number of hydrogen-bond donors (Lipinski definition) is 2. The van der Waals surface area contributed by atoms with Crippen LogP contribution in [-0.2, 0) is 19.5 Å². The molecule has 0 radical (unpaired) electrons. The van der Waals surface area contributed by atoms with Gasteiger partial charge in [0.05, 0.1) is 18.3 Å². The van der Waals surface area contributed by atoms with E-state index in [9.17, 15) is 9.59 Å². The van der Waals surface area contributed by atoms with Crippen LogP contribution in [0.15, 0.2) is 71.8 Å². The molecule has 0 saturated heterocycles. The number of aromatic nitrogens is 5. The first-order valence-electron chi connectivity index (χ1n) is 10.6. The van der Waals surface area contributed by atoms with Crippen molar-refractivity contribution in [2.24, 2.45) is 0 Å². The average Bonchev–Trinajstić information content (AvgIpc) is 3.28. The molecule has 0 atom stereocenters. The van der Waals surface area contributed by atoms with Crippen LogP contribution in [0.1, 0.15) is 34.3 Å². The maximum atomic E-state index is 11.9. The van der Waals surface area contributed by atoms with E-state index in [1.807, 2.05) is 47.3 Å². The number of hydrogen-bond acceptors (Lipinski definition) is 6. The number of carboxylic acid groups (broad SMARTS) is 1. The van der Waals surface area contributed by atoms with Gasteiger partial charge in [0.2, 0.25) is 0 Å². The van der Waals surface area contributed by atoms with E-state index in [2.05, 4.69) is 15.3 Å². The number of carboxylic acids is 1. The van der Waals surface area contributed by atoms with Crippen molar-refractivity contribution in [2.75, 3.05) is 5.73 Å². The molecule has 0 spiro atoms. The normalized spacial score (nSPS) is 10.9. The minimum absolute atomic E-state index is 0.212. The predicted octanol–water partition coefficient (Wildman–Crippen LogP) is 2.85. The van der Waals surface area contributed by atoms with Gasteiger partial charge in [-0.15, -0.1) is 5.10 Å². The third-order valence-electron chi connectivity index (χ3n) is 5.34. The number of anilines is 1. The second-order valence-electron chi connectivity index (χ2n) is 7.79. The van der Waals surface area contributed by atoms with Crippen molar-refractivity contribution >= 4 is 11.8 Å². The van der Waals surface area contributed by atoms with E-state index in [0.29, 0.717) is 12.1 Å². The van der Waals surface area contributed by atoms with Gasteiger partial charge < -0.3 is 10.8 Å². The van der Waals surface area contributed by atoms with Crippen LogP contribution >= 0.6 is 0 Å². The lowest BCUT2D eigenvalue weighted by atomic mass is 10.1. The number of benzene rings is 2. The lowest BCUT2D eigenvalue weighted by Gasteiger charge is -2.06. The van der Waals surface area contributed by atoms with E-state index in [0.717, 1.165) is 48.2 Å². The third-order valence-corrected chi connectivity index (χ3v) is 5.34. The number of unbranched alkanes of at least 4 members (excludes halogenated alkanes) is 1. The highest BCUT2D eigenvalue weighted by molar-refractivity contribution is 5.87. The van der Waals surface area contributed by atoms with E-state index in [4.69, 9.17) is 10.8 Å². The molecule has 168 valence electrons. The Hall–Kier alpha value is -4.27. The molecule has 4 rings (SSSR count). The van der Waals surface area contributed by atoms with Gasteiger partial charge in [-0.3, -0.25) is 9.25 Å². The maximum absolute atomic E-state index is 11.9. The van der Waals surface area contributed by atoms with Crippen LogP contribution in [0.25, 0.3) is 11.3 Å². The Bertz CT molecular complexity index is 1290. The zero-order valence-electron chi connectivity index (χ0n) is 18.0. The van der Waals surface area contributed by atoms with Crippen molar-refractivity contribution < 1.29 is 9.90 Å². The highest BCUT2D eigenvalue weighted by Crippen LogP contribution is 2.17. The summed E-state index contributed by atoms with van der Waals surface area (Å²) in [5.41, 5.74) is 9.29. The van der Waals surface area contributed by atoms with Crippen molar-refractivity contribution in [2.45, 2.75) is 32.4 Å². The summed E-state index contributed by atoms with van der Waals surface area (Å²) in [5.74, 6) is -0.697. The molecule has 2 aromatic heterocycles. The number of aromatic carboxylic acids is 1. The summed E-state index contributed by atoms with van der Waals surface area (Å²) in [6, 6.07) is 16.4. The minimum Gasteiger partial charge on any atom is -0.478 e. The SMILES string of the molecule is Nc1ccn(Cc2ccc(-c3cn(CCCCc4ccc(C(=O)O)cc4)nn3)cc2)c(=O)n1.